The first-order chi connectivity index (χ1) is 11.2. The van der Waals surface area contributed by atoms with Crippen LogP contribution >= 0.6 is 12.2 Å². The van der Waals surface area contributed by atoms with Gasteiger partial charge in [-0.15, -0.1) is 0 Å². The van der Waals surface area contributed by atoms with E-state index in [0.717, 1.165) is 30.5 Å². The summed E-state index contributed by atoms with van der Waals surface area (Å²) in [5, 5.41) is 4.11. The molecule has 4 nitrogen and oxygen atoms in total. The maximum absolute atomic E-state index is 5.60. The highest BCUT2D eigenvalue weighted by Crippen LogP contribution is 2.33. The Morgan fingerprint density at radius 3 is 2.70 bits per heavy atom. The smallest absolute Gasteiger partial charge is 0.169 e. The number of thiocarbonyl (C=S) groups is 1. The van der Waals surface area contributed by atoms with E-state index in [0.29, 0.717) is 6.61 Å². The first kappa shape index (κ1) is 15.9. The van der Waals surface area contributed by atoms with Gasteiger partial charge in [-0.1, -0.05) is 12.1 Å². The maximum Gasteiger partial charge on any atom is 0.169 e. The molecule has 0 spiro atoms. The molecule has 1 unspecified atom stereocenters. The SMILES string of the molecule is CCNC(=S)N1CCn2cccc2C1c1ccc(OCC)cc1. The first-order valence-electron chi connectivity index (χ1n) is 8.16. The van der Waals surface area contributed by atoms with E-state index in [1.165, 1.54) is 11.3 Å². The highest BCUT2D eigenvalue weighted by molar-refractivity contribution is 7.80. The molecule has 0 amide bonds. The van der Waals surface area contributed by atoms with Crippen LogP contribution in [0.1, 0.15) is 31.1 Å². The minimum absolute atomic E-state index is 0.140. The van der Waals surface area contributed by atoms with Gasteiger partial charge < -0.3 is 19.5 Å². The summed E-state index contributed by atoms with van der Waals surface area (Å²) in [4.78, 5) is 2.28. The van der Waals surface area contributed by atoms with E-state index < -0.39 is 0 Å². The molecule has 0 fully saturated rings. The van der Waals surface area contributed by atoms with Gasteiger partial charge in [-0.05, 0) is 55.9 Å². The van der Waals surface area contributed by atoms with Gasteiger partial charge in [0.15, 0.2) is 5.11 Å². The molecule has 23 heavy (non-hydrogen) atoms. The molecule has 5 heteroatoms. The van der Waals surface area contributed by atoms with Crippen LogP contribution in [0.3, 0.4) is 0 Å². The Labute approximate surface area is 143 Å². The van der Waals surface area contributed by atoms with Crippen LogP contribution in [0.2, 0.25) is 0 Å². The van der Waals surface area contributed by atoms with Crippen molar-refractivity contribution in [3.63, 3.8) is 0 Å². The van der Waals surface area contributed by atoms with E-state index in [4.69, 9.17) is 17.0 Å². The van der Waals surface area contributed by atoms with Gasteiger partial charge in [-0.25, -0.2) is 0 Å². The van der Waals surface area contributed by atoms with Crippen molar-refractivity contribution in [3.05, 3.63) is 53.9 Å². The standard InChI is InChI=1S/C18H23N3OS/c1-3-19-18(23)21-13-12-20-11-5-6-16(20)17(21)14-7-9-15(10-8-14)22-4-2/h5-11,17H,3-4,12-13H2,1-2H3,(H,19,23). The van der Waals surface area contributed by atoms with Crippen molar-refractivity contribution < 1.29 is 4.74 Å². The molecule has 1 N–H and O–H groups in total. The lowest BCUT2D eigenvalue weighted by Crippen LogP contribution is -2.47. The average Bonchev–Trinajstić information content (AvgIpc) is 3.04. The molecule has 122 valence electrons. The highest BCUT2D eigenvalue weighted by atomic mass is 32.1. The second-order valence-electron chi connectivity index (χ2n) is 5.56. The molecule has 0 bridgehead atoms. The van der Waals surface area contributed by atoms with Crippen LogP contribution < -0.4 is 10.1 Å². The van der Waals surface area contributed by atoms with Crippen molar-refractivity contribution in [1.29, 1.82) is 0 Å². The minimum atomic E-state index is 0.140. The molecule has 0 saturated heterocycles. The van der Waals surface area contributed by atoms with Crippen molar-refractivity contribution in [1.82, 2.24) is 14.8 Å². The summed E-state index contributed by atoms with van der Waals surface area (Å²) < 4.78 is 7.87. The quantitative estimate of drug-likeness (QED) is 0.873. The summed E-state index contributed by atoms with van der Waals surface area (Å²) in [6.07, 6.45) is 2.14. The third-order valence-electron chi connectivity index (χ3n) is 4.13. The predicted octanol–water partition coefficient (Wildman–Crippen LogP) is 3.19. The fourth-order valence-corrected chi connectivity index (χ4v) is 3.46. The molecule has 0 aliphatic carbocycles. The van der Waals surface area contributed by atoms with Gasteiger partial charge in [0, 0.05) is 31.5 Å². The molecule has 1 atom stereocenters. The molecule has 3 rings (SSSR count). The summed E-state index contributed by atoms with van der Waals surface area (Å²) in [5.74, 6) is 0.906. The average molecular weight is 329 g/mol. The van der Waals surface area contributed by atoms with Crippen LogP contribution in [0.5, 0.6) is 5.75 Å². The number of nitrogens with one attached hydrogen (secondary N) is 1. The lowest BCUT2D eigenvalue weighted by atomic mass is 10.00. The van der Waals surface area contributed by atoms with Gasteiger partial charge in [0.25, 0.3) is 0 Å². The van der Waals surface area contributed by atoms with E-state index >= 15 is 0 Å². The van der Waals surface area contributed by atoms with Gasteiger partial charge in [0.1, 0.15) is 5.75 Å². The second-order valence-corrected chi connectivity index (χ2v) is 5.95. The maximum atomic E-state index is 5.60. The van der Waals surface area contributed by atoms with Crippen molar-refractivity contribution in [3.8, 4) is 5.75 Å². The summed E-state index contributed by atoms with van der Waals surface area (Å²) in [6.45, 7) is 7.46. The van der Waals surface area contributed by atoms with Crippen molar-refractivity contribution in [2.45, 2.75) is 26.4 Å². The predicted molar refractivity (Wildman–Crippen MR) is 96.9 cm³/mol. The van der Waals surface area contributed by atoms with Gasteiger partial charge in [0.2, 0.25) is 0 Å². The first-order valence-corrected chi connectivity index (χ1v) is 8.57. The van der Waals surface area contributed by atoms with E-state index in [1.807, 2.05) is 19.1 Å². The van der Waals surface area contributed by atoms with Gasteiger partial charge in [-0.3, -0.25) is 0 Å². The number of ether oxygens (including phenoxy) is 1. The fraction of sp³-hybridized carbons (Fsp3) is 0.389. The topological polar surface area (TPSA) is 29.4 Å². The second kappa shape index (κ2) is 7.04. The molecular formula is C18H23N3OS. The number of benzene rings is 1. The molecular weight excluding hydrogens is 306 g/mol. The minimum Gasteiger partial charge on any atom is -0.494 e. The van der Waals surface area contributed by atoms with E-state index in [2.05, 4.69) is 52.2 Å². The number of aromatic nitrogens is 1. The Hall–Kier alpha value is -2.01. The van der Waals surface area contributed by atoms with Crippen LogP contribution in [-0.2, 0) is 6.54 Å². The number of hydrogen-bond donors (Lipinski definition) is 1. The van der Waals surface area contributed by atoms with Crippen molar-refractivity contribution in [2.24, 2.45) is 0 Å². The Kier molecular flexibility index (Phi) is 4.86. The van der Waals surface area contributed by atoms with Crippen LogP contribution in [0, 0.1) is 0 Å². The van der Waals surface area contributed by atoms with E-state index in [9.17, 15) is 0 Å². The third kappa shape index (κ3) is 3.20. The molecule has 1 aliphatic rings. The third-order valence-corrected chi connectivity index (χ3v) is 4.51. The van der Waals surface area contributed by atoms with Gasteiger partial charge >= 0.3 is 0 Å². The Balaban J connectivity index is 1.95. The Bertz CT molecular complexity index is 665. The largest absolute Gasteiger partial charge is 0.494 e. The number of nitrogens with zero attached hydrogens (tertiary/aromatic N) is 2. The molecule has 1 aromatic heterocycles. The van der Waals surface area contributed by atoms with Crippen molar-refractivity contribution >= 4 is 17.3 Å². The molecule has 1 aromatic carbocycles. The zero-order valence-corrected chi connectivity index (χ0v) is 14.5. The Morgan fingerprint density at radius 1 is 1.22 bits per heavy atom. The van der Waals surface area contributed by atoms with Gasteiger partial charge in [-0.2, -0.15) is 0 Å². The summed E-state index contributed by atoms with van der Waals surface area (Å²) in [6, 6.07) is 12.8. The van der Waals surface area contributed by atoms with Crippen LogP contribution in [-0.4, -0.2) is 34.3 Å². The monoisotopic (exact) mass is 329 g/mol. The van der Waals surface area contributed by atoms with Crippen LogP contribution in [0.25, 0.3) is 0 Å². The van der Waals surface area contributed by atoms with E-state index in [1.54, 1.807) is 0 Å². The Morgan fingerprint density at radius 2 is 2.00 bits per heavy atom. The fourth-order valence-electron chi connectivity index (χ4n) is 3.12. The molecule has 1 aliphatic heterocycles. The zero-order chi connectivity index (χ0) is 16.2. The summed E-state index contributed by atoms with van der Waals surface area (Å²) >= 11 is 5.60. The number of hydrogen-bond acceptors (Lipinski definition) is 2. The molecule has 0 saturated carbocycles. The summed E-state index contributed by atoms with van der Waals surface area (Å²) in [5.41, 5.74) is 2.51. The zero-order valence-electron chi connectivity index (χ0n) is 13.7. The number of rotatable bonds is 4. The summed E-state index contributed by atoms with van der Waals surface area (Å²) in [7, 11) is 0. The van der Waals surface area contributed by atoms with Crippen LogP contribution in [0.15, 0.2) is 42.6 Å². The normalized spacial score (nSPS) is 16.8. The molecule has 0 radical (unpaired) electrons. The molecule has 2 heterocycles. The van der Waals surface area contributed by atoms with E-state index in [-0.39, 0.29) is 6.04 Å². The lowest BCUT2D eigenvalue weighted by Gasteiger charge is -2.39. The molecule has 2 aromatic rings. The lowest BCUT2D eigenvalue weighted by molar-refractivity contribution is 0.286. The van der Waals surface area contributed by atoms with Crippen LogP contribution in [0.4, 0.5) is 0 Å². The highest BCUT2D eigenvalue weighted by Gasteiger charge is 2.30. The number of fused-ring (bicyclic) bond motifs is 1. The van der Waals surface area contributed by atoms with Gasteiger partial charge in [0.05, 0.1) is 12.6 Å². The van der Waals surface area contributed by atoms with Crippen molar-refractivity contribution in [2.75, 3.05) is 19.7 Å².